The van der Waals surface area contributed by atoms with Crippen LogP contribution in [0.5, 0.6) is 0 Å². The van der Waals surface area contributed by atoms with E-state index in [4.69, 9.17) is 5.11 Å². The van der Waals surface area contributed by atoms with Crippen LogP contribution in [0.4, 0.5) is 0 Å². The van der Waals surface area contributed by atoms with Crippen molar-refractivity contribution in [3.8, 4) is 0 Å². The average molecular weight is 143 g/mol. The first-order chi connectivity index (χ1) is 4.74. The minimum atomic E-state index is -0.00264. The zero-order valence-electron chi connectivity index (χ0n) is 6.13. The molecule has 0 bridgehead atoms. The summed E-state index contributed by atoms with van der Waals surface area (Å²) >= 11 is 0. The van der Waals surface area contributed by atoms with Crippen LogP contribution >= 0.6 is 0 Å². The monoisotopic (exact) mass is 143 g/mol. The molecular weight excluding hydrogens is 130 g/mol. The summed E-state index contributed by atoms with van der Waals surface area (Å²) in [5.74, 6) is 0.463. The molecular formula is C7H13NO2. The Kier molecular flexibility index (Phi) is 2.40. The van der Waals surface area contributed by atoms with E-state index in [2.05, 4.69) is 5.32 Å². The minimum Gasteiger partial charge on any atom is -0.396 e. The summed E-state index contributed by atoms with van der Waals surface area (Å²) in [6.45, 7) is 2.55. The Morgan fingerprint density at radius 3 is 2.80 bits per heavy atom. The lowest BCUT2D eigenvalue weighted by Gasteiger charge is -2.03. The van der Waals surface area contributed by atoms with Crippen LogP contribution in [0.2, 0.25) is 0 Å². The van der Waals surface area contributed by atoms with Gasteiger partial charge in [0.1, 0.15) is 5.78 Å². The van der Waals surface area contributed by atoms with Crippen LogP contribution in [0, 0.1) is 5.92 Å². The van der Waals surface area contributed by atoms with Crippen molar-refractivity contribution in [3.05, 3.63) is 0 Å². The highest BCUT2D eigenvalue weighted by atomic mass is 16.3. The topological polar surface area (TPSA) is 49.3 Å². The second kappa shape index (κ2) is 3.12. The summed E-state index contributed by atoms with van der Waals surface area (Å²) in [5.41, 5.74) is 0. The molecule has 1 saturated heterocycles. The van der Waals surface area contributed by atoms with Gasteiger partial charge in [0, 0.05) is 13.2 Å². The largest absolute Gasteiger partial charge is 0.396 e. The molecule has 0 aliphatic carbocycles. The molecule has 10 heavy (non-hydrogen) atoms. The molecule has 0 saturated carbocycles. The van der Waals surface area contributed by atoms with E-state index in [9.17, 15) is 4.79 Å². The molecule has 0 aromatic carbocycles. The van der Waals surface area contributed by atoms with Crippen LogP contribution in [-0.2, 0) is 4.79 Å². The van der Waals surface area contributed by atoms with Crippen LogP contribution in [-0.4, -0.2) is 30.1 Å². The first-order valence-electron chi connectivity index (χ1n) is 3.58. The summed E-state index contributed by atoms with van der Waals surface area (Å²) in [7, 11) is 0. The number of rotatable bonds is 2. The van der Waals surface area contributed by atoms with Crippen LogP contribution in [0.15, 0.2) is 0 Å². The third kappa shape index (κ3) is 1.55. The Morgan fingerprint density at radius 1 is 1.80 bits per heavy atom. The van der Waals surface area contributed by atoms with Gasteiger partial charge in [0.15, 0.2) is 0 Å². The van der Waals surface area contributed by atoms with Crippen molar-refractivity contribution in [2.75, 3.05) is 13.2 Å². The van der Waals surface area contributed by atoms with Crippen molar-refractivity contribution in [2.45, 2.75) is 19.4 Å². The van der Waals surface area contributed by atoms with Gasteiger partial charge in [-0.25, -0.2) is 0 Å². The Morgan fingerprint density at radius 2 is 2.50 bits per heavy atom. The molecule has 0 spiro atoms. The smallest absolute Gasteiger partial charge is 0.146 e. The van der Waals surface area contributed by atoms with Crippen LogP contribution in [0.1, 0.15) is 13.3 Å². The number of Topliss-reactive ketones (excluding diaryl/α,β-unsaturated/α-hetero) is 1. The van der Waals surface area contributed by atoms with Gasteiger partial charge < -0.3 is 10.4 Å². The first kappa shape index (κ1) is 7.69. The fourth-order valence-electron chi connectivity index (χ4n) is 1.26. The van der Waals surface area contributed by atoms with Gasteiger partial charge in [-0.3, -0.25) is 4.79 Å². The van der Waals surface area contributed by atoms with Crippen LogP contribution < -0.4 is 5.32 Å². The third-order valence-electron chi connectivity index (χ3n) is 1.97. The van der Waals surface area contributed by atoms with Crippen LogP contribution in [0.3, 0.4) is 0 Å². The molecule has 2 unspecified atom stereocenters. The van der Waals surface area contributed by atoms with Crippen molar-refractivity contribution >= 4 is 5.78 Å². The molecule has 2 atom stereocenters. The maximum atomic E-state index is 10.8. The van der Waals surface area contributed by atoms with Gasteiger partial charge in [0.05, 0.1) is 6.04 Å². The Hall–Kier alpha value is -0.410. The molecule has 1 aliphatic rings. The first-order valence-corrected chi connectivity index (χ1v) is 3.58. The van der Waals surface area contributed by atoms with E-state index >= 15 is 0 Å². The second-order valence-corrected chi connectivity index (χ2v) is 2.86. The molecule has 58 valence electrons. The number of aliphatic hydroxyl groups excluding tert-OH is 1. The van der Waals surface area contributed by atoms with E-state index in [1.807, 2.05) is 0 Å². The molecule has 0 aromatic heterocycles. The molecule has 1 aliphatic heterocycles. The molecule has 3 heteroatoms. The van der Waals surface area contributed by atoms with E-state index in [-0.39, 0.29) is 24.3 Å². The SMILES string of the molecule is CC(=O)C1CC(CO)CN1. The maximum Gasteiger partial charge on any atom is 0.146 e. The lowest BCUT2D eigenvalue weighted by molar-refractivity contribution is -0.118. The number of hydrogen-bond acceptors (Lipinski definition) is 3. The van der Waals surface area contributed by atoms with Gasteiger partial charge in [-0.2, -0.15) is 0 Å². The fraction of sp³-hybridized carbons (Fsp3) is 0.857. The summed E-state index contributed by atoms with van der Waals surface area (Å²) < 4.78 is 0. The van der Waals surface area contributed by atoms with Gasteiger partial charge in [0.25, 0.3) is 0 Å². The summed E-state index contributed by atoms with van der Waals surface area (Å²) in [6.07, 6.45) is 0.797. The molecule has 0 aromatic rings. The third-order valence-corrected chi connectivity index (χ3v) is 1.97. The van der Waals surface area contributed by atoms with E-state index in [1.54, 1.807) is 6.92 Å². The predicted octanol–water partition coefficient (Wildman–Crippen LogP) is -0.454. The number of carbonyl (C=O) groups excluding carboxylic acids is 1. The van der Waals surface area contributed by atoms with Crippen molar-refractivity contribution < 1.29 is 9.90 Å². The highest BCUT2D eigenvalue weighted by Crippen LogP contribution is 2.13. The summed E-state index contributed by atoms with van der Waals surface area (Å²) in [5, 5.41) is 11.8. The average Bonchev–Trinajstić information content (AvgIpc) is 2.34. The standard InChI is InChI=1S/C7H13NO2/c1-5(10)7-2-6(4-9)3-8-7/h6-9H,2-4H2,1H3. The summed E-state index contributed by atoms with van der Waals surface area (Å²) in [4.78, 5) is 10.8. The zero-order chi connectivity index (χ0) is 7.56. The number of aliphatic hydroxyl groups is 1. The summed E-state index contributed by atoms with van der Waals surface area (Å²) in [6, 6.07) is -0.00264. The van der Waals surface area contributed by atoms with Crippen LogP contribution in [0.25, 0.3) is 0 Å². The Labute approximate surface area is 60.4 Å². The van der Waals surface area contributed by atoms with E-state index in [1.165, 1.54) is 0 Å². The lowest BCUT2D eigenvalue weighted by atomic mass is 10.1. The minimum absolute atomic E-state index is 0.00264. The van der Waals surface area contributed by atoms with Gasteiger partial charge in [-0.15, -0.1) is 0 Å². The molecule has 1 fully saturated rings. The molecule has 0 radical (unpaired) electrons. The van der Waals surface area contributed by atoms with Gasteiger partial charge in [0.2, 0.25) is 0 Å². The quantitative estimate of drug-likeness (QED) is 0.550. The van der Waals surface area contributed by atoms with Gasteiger partial charge >= 0.3 is 0 Å². The normalized spacial score (nSPS) is 32.6. The highest BCUT2D eigenvalue weighted by molar-refractivity contribution is 5.81. The van der Waals surface area contributed by atoms with Crippen molar-refractivity contribution in [1.29, 1.82) is 0 Å². The van der Waals surface area contributed by atoms with Gasteiger partial charge in [-0.05, 0) is 19.3 Å². The van der Waals surface area contributed by atoms with Gasteiger partial charge in [-0.1, -0.05) is 0 Å². The lowest BCUT2D eigenvalue weighted by Crippen LogP contribution is -2.28. The van der Waals surface area contributed by atoms with Crippen molar-refractivity contribution in [2.24, 2.45) is 5.92 Å². The maximum absolute atomic E-state index is 10.8. The number of nitrogens with one attached hydrogen (secondary N) is 1. The zero-order valence-corrected chi connectivity index (χ0v) is 6.13. The molecule has 2 N–H and O–H groups in total. The van der Waals surface area contributed by atoms with E-state index in [0.29, 0.717) is 0 Å². The van der Waals surface area contributed by atoms with Crippen molar-refractivity contribution in [3.63, 3.8) is 0 Å². The Bertz CT molecular complexity index is 136. The Balaban J connectivity index is 2.35. The molecule has 1 rings (SSSR count). The van der Waals surface area contributed by atoms with E-state index < -0.39 is 0 Å². The number of carbonyl (C=O) groups is 1. The van der Waals surface area contributed by atoms with Crippen molar-refractivity contribution in [1.82, 2.24) is 5.32 Å². The molecule has 0 amide bonds. The fourth-order valence-corrected chi connectivity index (χ4v) is 1.26. The highest BCUT2D eigenvalue weighted by Gasteiger charge is 2.25. The number of hydrogen-bond donors (Lipinski definition) is 2. The second-order valence-electron chi connectivity index (χ2n) is 2.86. The van der Waals surface area contributed by atoms with E-state index in [0.717, 1.165) is 13.0 Å². The predicted molar refractivity (Wildman–Crippen MR) is 37.7 cm³/mol. The molecule has 3 nitrogen and oxygen atoms in total. The molecule has 1 heterocycles. The number of ketones is 1.